The van der Waals surface area contributed by atoms with Crippen LogP contribution >= 0.6 is 0 Å². The van der Waals surface area contributed by atoms with Crippen LogP contribution in [-0.2, 0) is 14.8 Å². The highest BCUT2D eigenvalue weighted by atomic mass is 32.2. The van der Waals surface area contributed by atoms with Gasteiger partial charge in [0.2, 0.25) is 15.9 Å². The van der Waals surface area contributed by atoms with Crippen LogP contribution in [0.4, 0.5) is 20.2 Å². The van der Waals surface area contributed by atoms with Gasteiger partial charge in [-0.15, -0.1) is 0 Å². The molecule has 0 saturated carbocycles. The minimum absolute atomic E-state index is 0.116. The fraction of sp³-hybridized carbons (Fsp3) is 0.435. The summed E-state index contributed by atoms with van der Waals surface area (Å²) in [5, 5.41) is 2.77. The van der Waals surface area contributed by atoms with E-state index < -0.39 is 34.1 Å². The Labute approximate surface area is 188 Å². The molecule has 0 bridgehead atoms. The van der Waals surface area contributed by atoms with Gasteiger partial charge in [-0.3, -0.25) is 9.10 Å². The molecule has 6 nitrogen and oxygen atoms in total. The number of benzene rings is 2. The normalized spacial score (nSPS) is 17.7. The van der Waals surface area contributed by atoms with E-state index in [2.05, 4.69) is 17.1 Å². The number of hydrogen-bond acceptors (Lipinski definition) is 4. The molecule has 0 spiro atoms. The highest BCUT2D eigenvalue weighted by molar-refractivity contribution is 7.92. The molecule has 1 N–H and O–H groups in total. The number of rotatable bonds is 7. The number of anilines is 2. The lowest BCUT2D eigenvalue weighted by molar-refractivity contribution is -0.120. The molecule has 2 aromatic carbocycles. The van der Waals surface area contributed by atoms with E-state index in [1.807, 2.05) is 24.3 Å². The summed E-state index contributed by atoms with van der Waals surface area (Å²) in [4.78, 5) is 14.9. The number of carbonyl (C=O) groups is 1. The van der Waals surface area contributed by atoms with Crippen LogP contribution in [0.5, 0.6) is 0 Å². The van der Waals surface area contributed by atoms with Crippen molar-refractivity contribution in [3.05, 3.63) is 59.7 Å². The lowest BCUT2D eigenvalue weighted by Crippen LogP contribution is -2.41. The first kappa shape index (κ1) is 24.0. The second kappa shape index (κ2) is 9.85. The Morgan fingerprint density at radius 1 is 1.19 bits per heavy atom. The summed E-state index contributed by atoms with van der Waals surface area (Å²) in [5.74, 6) is -2.17. The highest BCUT2D eigenvalue weighted by Crippen LogP contribution is 2.25. The molecule has 174 valence electrons. The third-order valence-electron chi connectivity index (χ3n) is 5.67. The Bertz CT molecular complexity index is 1060. The maximum absolute atomic E-state index is 13.6. The summed E-state index contributed by atoms with van der Waals surface area (Å²) >= 11 is 0. The van der Waals surface area contributed by atoms with Gasteiger partial charge in [0.1, 0.15) is 6.54 Å². The van der Waals surface area contributed by atoms with E-state index in [-0.39, 0.29) is 11.7 Å². The average molecular weight is 466 g/mol. The summed E-state index contributed by atoms with van der Waals surface area (Å²) in [6.45, 7) is 5.56. The molecule has 0 radical (unpaired) electrons. The Kier molecular flexibility index (Phi) is 7.38. The Morgan fingerprint density at radius 2 is 1.88 bits per heavy atom. The fourth-order valence-electron chi connectivity index (χ4n) is 3.94. The molecular weight excluding hydrogens is 436 g/mol. The third-order valence-corrected chi connectivity index (χ3v) is 6.81. The van der Waals surface area contributed by atoms with E-state index in [0.29, 0.717) is 5.92 Å². The first-order valence-corrected chi connectivity index (χ1v) is 12.5. The van der Waals surface area contributed by atoms with Crippen molar-refractivity contribution in [1.82, 2.24) is 5.32 Å². The van der Waals surface area contributed by atoms with Crippen molar-refractivity contribution >= 4 is 27.3 Å². The quantitative estimate of drug-likeness (QED) is 0.675. The number of nitrogens with zero attached hydrogens (tertiary/aromatic N) is 2. The van der Waals surface area contributed by atoms with E-state index in [0.717, 1.165) is 53.1 Å². The van der Waals surface area contributed by atoms with Crippen molar-refractivity contribution in [1.29, 1.82) is 0 Å². The molecule has 0 aromatic heterocycles. The number of sulfonamides is 1. The van der Waals surface area contributed by atoms with Gasteiger partial charge < -0.3 is 10.2 Å². The Balaban J connectivity index is 1.66. The van der Waals surface area contributed by atoms with Gasteiger partial charge in [-0.25, -0.2) is 17.2 Å². The van der Waals surface area contributed by atoms with Crippen molar-refractivity contribution in [2.45, 2.75) is 32.7 Å². The van der Waals surface area contributed by atoms with Crippen LogP contribution in [0.2, 0.25) is 0 Å². The van der Waals surface area contributed by atoms with Gasteiger partial charge in [0.25, 0.3) is 0 Å². The largest absolute Gasteiger partial charge is 0.371 e. The standard InChI is InChI=1S/C23H29F2N3O3S/c1-16-5-4-12-27(14-16)19-8-6-18(7-9-19)17(2)26-23(29)15-28(32(3,30)31)20-10-11-21(24)22(25)13-20/h6-11,13,16-17H,4-5,12,14-15H2,1-3H3,(H,26,29). The molecule has 1 heterocycles. The SMILES string of the molecule is CC1CCCN(c2ccc(C(C)NC(=O)CN(c3ccc(F)c(F)c3)S(C)(=O)=O)cc2)C1. The minimum Gasteiger partial charge on any atom is -0.371 e. The van der Waals surface area contributed by atoms with Gasteiger partial charge in [-0.2, -0.15) is 0 Å². The lowest BCUT2D eigenvalue weighted by atomic mass is 9.99. The van der Waals surface area contributed by atoms with Crippen molar-refractivity contribution in [2.75, 3.05) is 35.1 Å². The van der Waals surface area contributed by atoms with E-state index in [4.69, 9.17) is 0 Å². The molecule has 2 atom stereocenters. The summed E-state index contributed by atoms with van der Waals surface area (Å²) in [6, 6.07) is 10.3. The summed E-state index contributed by atoms with van der Waals surface area (Å²) in [5.41, 5.74) is 1.90. The van der Waals surface area contributed by atoms with Gasteiger partial charge >= 0.3 is 0 Å². The molecule has 3 rings (SSSR count). The lowest BCUT2D eigenvalue weighted by Gasteiger charge is -2.33. The molecule has 1 aliphatic rings. The molecule has 1 amide bonds. The van der Waals surface area contributed by atoms with Gasteiger partial charge in [0.15, 0.2) is 11.6 Å². The zero-order chi connectivity index (χ0) is 23.5. The van der Waals surface area contributed by atoms with E-state index in [1.165, 1.54) is 12.8 Å². The first-order chi connectivity index (χ1) is 15.0. The predicted octanol–water partition coefficient (Wildman–Crippen LogP) is 3.84. The van der Waals surface area contributed by atoms with Gasteiger partial charge in [-0.05, 0) is 55.5 Å². The summed E-state index contributed by atoms with van der Waals surface area (Å²) in [7, 11) is -3.89. The number of halogens is 2. The molecule has 1 saturated heterocycles. The van der Waals surface area contributed by atoms with Crippen LogP contribution in [0, 0.1) is 17.6 Å². The zero-order valence-electron chi connectivity index (χ0n) is 18.5. The topological polar surface area (TPSA) is 69.7 Å². The van der Waals surface area contributed by atoms with Crippen LogP contribution < -0.4 is 14.5 Å². The average Bonchev–Trinajstić information content (AvgIpc) is 2.73. The number of nitrogens with one attached hydrogen (secondary N) is 1. The van der Waals surface area contributed by atoms with Crippen molar-refractivity contribution in [2.24, 2.45) is 5.92 Å². The van der Waals surface area contributed by atoms with Crippen molar-refractivity contribution < 1.29 is 22.0 Å². The third kappa shape index (κ3) is 5.97. The highest BCUT2D eigenvalue weighted by Gasteiger charge is 2.23. The maximum Gasteiger partial charge on any atom is 0.241 e. The van der Waals surface area contributed by atoms with Gasteiger partial charge in [0.05, 0.1) is 18.0 Å². The number of carbonyl (C=O) groups excluding carboxylic acids is 1. The Morgan fingerprint density at radius 3 is 2.47 bits per heavy atom. The molecule has 32 heavy (non-hydrogen) atoms. The smallest absolute Gasteiger partial charge is 0.241 e. The molecule has 1 aliphatic heterocycles. The fourth-order valence-corrected chi connectivity index (χ4v) is 4.79. The second-order valence-corrected chi connectivity index (χ2v) is 10.3. The molecule has 1 fully saturated rings. The van der Waals surface area contributed by atoms with Gasteiger partial charge in [0, 0.05) is 24.8 Å². The predicted molar refractivity (Wildman–Crippen MR) is 122 cm³/mol. The zero-order valence-corrected chi connectivity index (χ0v) is 19.3. The molecule has 2 unspecified atom stereocenters. The molecule has 9 heteroatoms. The number of piperidine rings is 1. The monoisotopic (exact) mass is 465 g/mol. The second-order valence-electron chi connectivity index (χ2n) is 8.44. The molecular formula is C23H29F2N3O3S. The van der Waals surface area contributed by atoms with Crippen LogP contribution in [0.25, 0.3) is 0 Å². The van der Waals surface area contributed by atoms with Crippen LogP contribution in [0.1, 0.15) is 38.3 Å². The number of hydrogen-bond donors (Lipinski definition) is 1. The van der Waals surface area contributed by atoms with E-state index in [1.54, 1.807) is 6.92 Å². The minimum atomic E-state index is -3.89. The van der Waals surface area contributed by atoms with E-state index >= 15 is 0 Å². The van der Waals surface area contributed by atoms with Crippen LogP contribution in [0.15, 0.2) is 42.5 Å². The Hall–Kier alpha value is -2.68. The molecule has 0 aliphatic carbocycles. The summed E-state index contributed by atoms with van der Waals surface area (Å²) < 4.78 is 51.9. The summed E-state index contributed by atoms with van der Waals surface area (Å²) in [6.07, 6.45) is 3.32. The van der Waals surface area contributed by atoms with Crippen molar-refractivity contribution in [3.63, 3.8) is 0 Å². The van der Waals surface area contributed by atoms with Crippen LogP contribution in [0.3, 0.4) is 0 Å². The first-order valence-electron chi connectivity index (χ1n) is 10.6. The van der Waals surface area contributed by atoms with E-state index in [9.17, 15) is 22.0 Å². The van der Waals surface area contributed by atoms with Gasteiger partial charge in [-0.1, -0.05) is 19.1 Å². The van der Waals surface area contributed by atoms with Crippen LogP contribution in [-0.4, -0.2) is 40.2 Å². The molecule has 2 aromatic rings. The van der Waals surface area contributed by atoms with Crippen molar-refractivity contribution in [3.8, 4) is 0 Å². The maximum atomic E-state index is 13.6. The number of amides is 1.